The van der Waals surface area contributed by atoms with Gasteiger partial charge in [0.1, 0.15) is 5.69 Å². The molecule has 2 fully saturated rings. The lowest BCUT2D eigenvalue weighted by Gasteiger charge is -2.40. The van der Waals surface area contributed by atoms with Crippen molar-refractivity contribution in [2.45, 2.75) is 31.7 Å². The summed E-state index contributed by atoms with van der Waals surface area (Å²) in [5.41, 5.74) is 7.87. The fourth-order valence-corrected chi connectivity index (χ4v) is 4.26. The Morgan fingerprint density at radius 3 is 2.94 bits per heavy atom. The SMILES string of the molecule is COc1cc(-c2c[nH]c(=O)c(N(CC3CC3)[C@@H]3CCCN(C(=O)/C=C/CN)C3)c2)ccn1. The van der Waals surface area contributed by atoms with E-state index in [9.17, 15) is 9.59 Å². The number of rotatable bonds is 8. The summed E-state index contributed by atoms with van der Waals surface area (Å²) in [5, 5.41) is 0. The van der Waals surface area contributed by atoms with Gasteiger partial charge in [-0.05, 0) is 49.3 Å². The van der Waals surface area contributed by atoms with Crippen LogP contribution >= 0.6 is 0 Å². The third-order valence-corrected chi connectivity index (χ3v) is 6.17. The molecule has 2 aromatic rings. The minimum absolute atomic E-state index is 0.0157. The number of carbonyl (C=O) groups excluding carboxylic acids is 1. The predicted molar refractivity (Wildman–Crippen MR) is 125 cm³/mol. The molecule has 0 spiro atoms. The maximum Gasteiger partial charge on any atom is 0.271 e. The molecule has 3 N–H and O–H groups in total. The predicted octanol–water partition coefficient (Wildman–Crippen LogP) is 2.17. The molecule has 3 heterocycles. The Labute approximate surface area is 188 Å². The number of anilines is 1. The van der Waals surface area contributed by atoms with Gasteiger partial charge in [-0.25, -0.2) is 4.98 Å². The van der Waals surface area contributed by atoms with Gasteiger partial charge in [-0.15, -0.1) is 0 Å². The van der Waals surface area contributed by atoms with Crippen molar-refractivity contribution >= 4 is 11.6 Å². The van der Waals surface area contributed by atoms with E-state index < -0.39 is 0 Å². The van der Waals surface area contributed by atoms with Crippen LogP contribution in [0.2, 0.25) is 0 Å². The zero-order valence-electron chi connectivity index (χ0n) is 18.5. The van der Waals surface area contributed by atoms with Crippen LogP contribution in [0.3, 0.4) is 0 Å². The molecule has 0 radical (unpaired) electrons. The monoisotopic (exact) mass is 437 g/mol. The van der Waals surface area contributed by atoms with Crippen molar-refractivity contribution in [3.05, 3.63) is 53.1 Å². The highest BCUT2D eigenvalue weighted by Gasteiger charge is 2.33. The number of amides is 1. The number of methoxy groups -OCH3 is 1. The van der Waals surface area contributed by atoms with E-state index in [0.29, 0.717) is 30.6 Å². The molecule has 2 aliphatic rings. The van der Waals surface area contributed by atoms with Gasteiger partial charge >= 0.3 is 0 Å². The smallest absolute Gasteiger partial charge is 0.271 e. The van der Waals surface area contributed by atoms with Gasteiger partial charge in [0.15, 0.2) is 0 Å². The number of carbonyl (C=O) groups is 1. The van der Waals surface area contributed by atoms with Gasteiger partial charge in [-0.2, -0.15) is 0 Å². The number of H-pyrrole nitrogens is 1. The first-order chi connectivity index (χ1) is 15.6. The first-order valence-corrected chi connectivity index (χ1v) is 11.2. The standard InChI is InChI=1S/C24H31N5O3/c1-32-22-13-18(8-10-26-22)19-12-21(24(31)27-14-19)29(15-17-6-7-17)20-4-3-11-28(16-20)23(30)5-2-9-25/h2,5,8,10,12-14,17,20H,3-4,6-7,9,11,15-16,25H2,1H3,(H,27,31)/b5-2+/t20-/m1/s1. The summed E-state index contributed by atoms with van der Waals surface area (Å²) < 4.78 is 5.25. The number of likely N-dealkylation sites (tertiary alicyclic amines) is 1. The van der Waals surface area contributed by atoms with Crippen molar-refractivity contribution in [1.82, 2.24) is 14.9 Å². The van der Waals surface area contributed by atoms with Crippen molar-refractivity contribution < 1.29 is 9.53 Å². The molecule has 2 aromatic heterocycles. The Hall–Kier alpha value is -3.13. The molecule has 8 nitrogen and oxygen atoms in total. The van der Waals surface area contributed by atoms with Crippen LogP contribution in [-0.2, 0) is 4.79 Å². The van der Waals surface area contributed by atoms with E-state index in [0.717, 1.165) is 37.1 Å². The minimum Gasteiger partial charge on any atom is -0.481 e. The fourth-order valence-electron chi connectivity index (χ4n) is 4.26. The molecule has 4 rings (SSSR count). The van der Waals surface area contributed by atoms with Crippen LogP contribution in [0.4, 0.5) is 5.69 Å². The van der Waals surface area contributed by atoms with E-state index >= 15 is 0 Å². The van der Waals surface area contributed by atoms with Crippen LogP contribution < -0.4 is 20.9 Å². The number of piperidine rings is 1. The van der Waals surface area contributed by atoms with E-state index in [1.807, 2.05) is 23.1 Å². The number of aromatic nitrogens is 2. The summed E-state index contributed by atoms with van der Waals surface area (Å²) in [5.74, 6) is 1.11. The Balaban J connectivity index is 1.63. The van der Waals surface area contributed by atoms with Crippen LogP contribution in [0.25, 0.3) is 11.1 Å². The van der Waals surface area contributed by atoms with Gasteiger partial charge in [-0.3, -0.25) is 9.59 Å². The second-order valence-electron chi connectivity index (χ2n) is 8.50. The molecule has 0 bridgehead atoms. The second kappa shape index (κ2) is 9.99. The van der Waals surface area contributed by atoms with E-state index in [4.69, 9.17) is 10.5 Å². The number of pyridine rings is 2. The van der Waals surface area contributed by atoms with Crippen LogP contribution in [-0.4, -0.2) is 60.1 Å². The van der Waals surface area contributed by atoms with Crippen LogP contribution in [0.1, 0.15) is 25.7 Å². The van der Waals surface area contributed by atoms with E-state index in [1.165, 1.54) is 12.8 Å². The van der Waals surface area contributed by atoms with Crippen molar-refractivity contribution in [2.75, 3.05) is 38.2 Å². The molecule has 1 saturated heterocycles. The number of nitrogens with zero attached hydrogens (tertiary/aromatic N) is 3. The lowest BCUT2D eigenvalue weighted by Crippen LogP contribution is -2.51. The summed E-state index contributed by atoms with van der Waals surface area (Å²) in [7, 11) is 1.58. The average molecular weight is 438 g/mol. The highest BCUT2D eigenvalue weighted by atomic mass is 16.5. The maximum absolute atomic E-state index is 12.9. The minimum atomic E-state index is -0.109. The first-order valence-electron chi connectivity index (χ1n) is 11.2. The first kappa shape index (κ1) is 22.1. The number of hydrogen-bond donors (Lipinski definition) is 2. The van der Waals surface area contributed by atoms with E-state index in [-0.39, 0.29) is 17.5 Å². The number of nitrogens with two attached hydrogens (primary N) is 1. The van der Waals surface area contributed by atoms with E-state index in [1.54, 1.807) is 31.7 Å². The molecular formula is C24H31N5O3. The van der Waals surface area contributed by atoms with Gasteiger partial charge in [-0.1, -0.05) is 6.08 Å². The molecule has 8 heteroatoms. The van der Waals surface area contributed by atoms with Crippen molar-refractivity contribution in [2.24, 2.45) is 11.7 Å². The number of hydrogen-bond acceptors (Lipinski definition) is 6. The third kappa shape index (κ3) is 5.19. The van der Waals surface area contributed by atoms with Crippen LogP contribution in [0.15, 0.2) is 47.5 Å². The number of nitrogens with one attached hydrogen (secondary N) is 1. The second-order valence-corrected chi connectivity index (χ2v) is 8.50. The molecule has 1 saturated carbocycles. The molecule has 32 heavy (non-hydrogen) atoms. The third-order valence-electron chi connectivity index (χ3n) is 6.17. The van der Waals surface area contributed by atoms with Gasteiger partial charge in [0.25, 0.3) is 5.56 Å². The molecule has 0 aromatic carbocycles. The quantitative estimate of drug-likeness (QED) is 0.614. The number of aromatic amines is 1. The van der Waals surface area contributed by atoms with Gasteiger partial charge in [0.2, 0.25) is 11.8 Å². The highest BCUT2D eigenvalue weighted by molar-refractivity contribution is 5.87. The molecule has 1 amide bonds. The maximum atomic E-state index is 12.9. The lowest BCUT2D eigenvalue weighted by molar-refractivity contribution is -0.127. The van der Waals surface area contributed by atoms with Crippen LogP contribution in [0.5, 0.6) is 5.88 Å². The summed E-state index contributed by atoms with van der Waals surface area (Å²) in [4.78, 5) is 36.7. The van der Waals surface area contributed by atoms with Crippen molar-refractivity contribution in [1.29, 1.82) is 0 Å². The summed E-state index contributed by atoms with van der Waals surface area (Å²) in [6, 6.07) is 5.80. The molecule has 1 atom stereocenters. The average Bonchev–Trinajstić information content (AvgIpc) is 3.66. The highest BCUT2D eigenvalue weighted by Crippen LogP contribution is 2.34. The largest absolute Gasteiger partial charge is 0.481 e. The molecule has 170 valence electrons. The molecule has 1 aliphatic carbocycles. The van der Waals surface area contributed by atoms with Crippen molar-refractivity contribution in [3.8, 4) is 17.0 Å². The van der Waals surface area contributed by atoms with Gasteiger partial charge in [0.05, 0.1) is 7.11 Å². The topological polar surface area (TPSA) is 105 Å². The van der Waals surface area contributed by atoms with Gasteiger partial charge in [0, 0.05) is 62.3 Å². The summed E-state index contributed by atoms with van der Waals surface area (Å²) in [6.07, 6.45) is 10.9. The van der Waals surface area contributed by atoms with Crippen LogP contribution in [0, 0.1) is 5.92 Å². The molecule has 1 aliphatic heterocycles. The summed E-state index contributed by atoms with van der Waals surface area (Å²) in [6.45, 7) is 2.51. The van der Waals surface area contributed by atoms with Crippen molar-refractivity contribution in [3.63, 3.8) is 0 Å². The summed E-state index contributed by atoms with van der Waals surface area (Å²) >= 11 is 0. The normalized spacial score (nSPS) is 18.7. The molecular weight excluding hydrogens is 406 g/mol. The fraction of sp³-hybridized carbons (Fsp3) is 0.458. The van der Waals surface area contributed by atoms with E-state index in [2.05, 4.69) is 14.9 Å². The van der Waals surface area contributed by atoms with Gasteiger partial charge < -0.3 is 25.3 Å². The zero-order chi connectivity index (χ0) is 22.5. The Morgan fingerprint density at radius 2 is 2.19 bits per heavy atom. The lowest BCUT2D eigenvalue weighted by atomic mass is 10.0. The number of ether oxygens (including phenoxy) is 1. The Morgan fingerprint density at radius 1 is 1.34 bits per heavy atom. The Bertz CT molecular complexity index is 1030. The Kier molecular flexibility index (Phi) is 6.90. The molecule has 0 unspecified atom stereocenters. The zero-order valence-corrected chi connectivity index (χ0v) is 18.5.